The van der Waals surface area contributed by atoms with Gasteiger partial charge in [-0.05, 0) is 6.92 Å². The maximum Gasteiger partial charge on any atom is 0.0945 e. The quantitative estimate of drug-likeness (QED) is 0.285. The molecule has 1 aliphatic rings. The van der Waals surface area contributed by atoms with Gasteiger partial charge in [0, 0.05) is 28.9 Å². The molecule has 0 amide bonds. The zero-order valence-corrected chi connectivity index (χ0v) is 9.50. The predicted molar refractivity (Wildman–Crippen MR) is 53.9 cm³/mol. The molecule has 0 aromatic rings. The molecule has 0 aliphatic carbocycles. The Morgan fingerprint density at radius 2 is 2.22 bits per heavy atom. The summed E-state index contributed by atoms with van der Waals surface area (Å²) in [6, 6.07) is 0.571. The van der Waals surface area contributed by atoms with Crippen LogP contribution in [-0.2, 0) is 4.74 Å². The lowest BCUT2D eigenvalue weighted by Crippen LogP contribution is -2.41. The van der Waals surface area contributed by atoms with E-state index in [0.29, 0.717) is 10.1 Å². The monoisotopic (exact) mass is 353 g/mol. The third-order valence-corrected chi connectivity index (χ3v) is 4.95. The molecule has 0 spiro atoms. The summed E-state index contributed by atoms with van der Waals surface area (Å²) in [5, 5.41) is 0. The van der Waals surface area contributed by atoms with Crippen LogP contribution in [0.5, 0.6) is 0 Å². The smallest absolute Gasteiger partial charge is 0.0945 e. The van der Waals surface area contributed by atoms with Gasteiger partial charge in [0.2, 0.25) is 0 Å². The fraction of sp³-hybridized carbons (Fsp3) is 1.00. The standard InChI is InChI=1S/C5H9I2NO/c1-4-2-9-3-5(6)8(4)7/h4-5H,2-3H2,1H3/t4-,5+/m1/s1. The second-order valence-corrected chi connectivity index (χ2v) is 4.72. The number of halogens is 2. The van der Waals surface area contributed by atoms with Gasteiger partial charge in [-0.2, -0.15) is 0 Å². The first-order valence-electron chi connectivity index (χ1n) is 2.87. The second kappa shape index (κ2) is 3.68. The molecule has 54 valence electrons. The van der Waals surface area contributed by atoms with Gasteiger partial charge in [-0.3, -0.25) is 0 Å². The van der Waals surface area contributed by atoms with Crippen LogP contribution in [0.15, 0.2) is 0 Å². The van der Waals surface area contributed by atoms with E-state index in [2.05, 4.69) is 55.5 Å². The molecular weight excluding hydrogens is 344 g/mol. The molecule has 0 aromatic heterocycles. The Labute approximate surface area is 82.9 Å². The van der Waals surface area contributed by atoms with E-state index in [0.717, 1.165) is 13.2 Å². The van der Waals surface area contributed by atoms with Crippen molar-refractivity contribution in [3.8, 4) is 0 Å². The topological polar surface area (TPSA) is 12.5 Å². The fourth-order valence-corrected chi connectivity index (χ4v) is 1.88. The Morgan fingerprint density at radius 3 is 2.67 bits per heavy atom. The third kappa shape index (κ3) is 2.16. The van der Waals surface area contributed by atoms with Gasteiger partial charge in [-0.25, -0.2) is 3.11 Å². The van der Waals surface area contributed by atoms with Crippen LogP contribution in [0.1, 0.15) is 6.92 Å². The van der Waals surface area contributed by atoms with Crippen molar-refractivity contribution in [1.82, 2.24) is 3.11 Å². The molecule has 9 heavy (non-hydrogen) atoms. The minimum Gasteiger partial charge on any atom is -0.377 e. The van der Waals surface area contributed by atoms with Gasteiger partial charge in [0.25, 0.3) is 0 Å². The Morgan fingerprint density at radius 1 is 1.56 bits per heavy atom. The molecule has 2 nitrogen and oxygen atoms in total. The first-order valence-corrected chi connectivity index (χ1v) is 5.09. The van der Waals surface area contributed by atoms with Crippen LogP contribution < -0.4 is 0 Å². The summed E-state index contributed by atoms with van der Waals surface area (Å²) >= 11 is 4.75. The summed E-state index contributed by atoms with van der Waals surface area (Å²) in [6.07, 6.45) is 0. The van der Waals surface area contributed by atoms with Gasteiger partial charge < -0.3 is 4.74 Å². The Bertz CT molecular complexity index is 91.0. The van der Waals surface area contributed by atoms with E-state index in [1.807, 2.05) is 0 Å². The van der Waals surface area contributed by atoms with Crippen LogP contribution in [0.3, 0.4) is 0 Å². The molecular formula is C5H9I2NO. The largest absolute Gasteiger partial charge is 0.377 e. The minimum absolute atomic E-state index is 0.548. The van der Waals surface area contributed by atoms with Crippen molar-refractivity contribution in [1.29, 1.82) is 0 Å². The normalized spacial score (nSPS) is 39.0. The molecule has 0 saturated carbocycles. The summed E-state index contributed by atoms with van der Waals surface area (Å²) in [6.45, 7) is 3.92. The SMILES string of the molecule is C[C@@H]1COC[C@@H](I)N1I. The van der Waals surface area contributed by atoms with Crippen LogP contribution in [0.4, 0.5) is 0 Å². The number of morpholine rings is 1. The molecule has 1 aliphatic heterocycles. The van der Waals surface area contributed by atoms with E-state index in [1.165, 1.54) is 0 Å². The Hall–Kier alpha value is 1.38. The third-order valence-electron chi connectivity index (χ3n) is 1.30. The van der Waals surface area contributed by atoms with Crippen molar-refractivity contribution in [2.75, 3.05) is 13.2 Å². The zero-order chi connectivity index (χ0) is 6.85. The van der Waals surface area contributed by atoms with Crippen LogP contribution in [0.25, 0.3) is 0 Å². The van der Waals surface area contributed by atoms with Crippen LogP contribution in [0, 0.1) is 0 Å². The molecule has 0 bridgehead atoms. The van der Waals surface area contributed by atoms with Gasteiger partial charge in [-0.1, -0.05) is 22.6 Å². The van der Waals surface area contributed by atoms with E-state index in [-0.39, 0.29) is 0 Å². The van der Waals surface area contributed by atoms with Gasteiger partial charge >= 0.3 is 0 Å². The second-order valence-electron chi connectivity index (χ2n) is 2.17. The van der Waals surface area contributed by atoms with Gasteiger partial charge in [-0.15, -0.1) is 0 Å². The molecule has 0 radical (unpaired) electrons. The average Bonchev–Trinajstić information content (AvgIpc) is 1.83. The maximum atomic E-state index is 5.31. The lowest BCUT2D eigenvalue weighted by Gasteiger charge is -2.32. The summed E-state index contributed by atoms with van der Waals surface area (Å²) < 4.78 is 8.17. The zero-order valence-electron chi connectivity index (χ0n) is 5.18. The number of rotatable bonds is 0. The highest BCUT2D eigenvalue weighted by Crippen LogP contribution is 2.21. The molecule has 2 atom stereocenters. The van der Waals surface area contributed by atoms with E-state index in [1.54, 1.807) is 0 Å². The van der Waals surface area contributed by atoms with Gasteiger partial charge in [0.15, 0.2) is 0 Å². The van der Waals surface area contributed by atoms with Crippen molar-refractivity contribution < 1.29 is 4.74 Å². The molecule has 0 N–H and O–H groups in total. The van der Waals surface area contributed by atoms with Crippen molar-refractivity contribution in [2.45, 2.75) is 17.0 Å². The van der Waals surface area contributed by atoms with Crippen LogP contribution >= 0.6 is 45.5 Å². The van der Waals surface area contributed by atoms with Gasteiger partial charge in [0.1, 0.15) is 0 Å². The van der Waals surface area contributed by atoms with Crippen molar-refractivity contribution in [3.05, 3.63) is 0 Å². The fourth-order valence-electron chi connectivity index (χ4n) is 0.754. The van der Waals surface area contributed by atoms with E-state index < -0.39 is 0 Å². The summed E-state index contributed by atoms with van der Waals surface area (Å²) in [7, 11) is 0. The molecule has 0 unspecified atom stereocenters. The molecule has 1 fully saturated rings. The molecule has 1 heterocycles. The van der Waals surface area contributed by atoms with Crippen LogP contribution in [-0.4, -0.2) is 26.4 Å². The van der Waals surface area contributed by atoms with Crippen molar-refractivity contribution in [2.24, 2.45) is 0 Å². The molecule has 1 saturated heterocycles. The maximum absolute atomic E-state index is 5.31. The first-order chi connectivity index (χ1) is 4.22. The summed E-state index contributed by atoms with van der Waals surface area (Å²) in [5.74, 6) is 0. The summed E-state index contributed by atoms with van der Waals surface area (Å²) in [5.41, 5.74) is 0. The number of nitrogens with zero attached hydrogens (tertiary/aromatic N) is 1. The number of ether oxygens (including phenoxy) is 1. The highest BCUT2D eigenvalue weighted by Gasteiger charge is 2.23. The first kappa shape index (κ1) is 8.48. The average molecular weight is 353 g/mol. The van der Waals surface area contributed by atoms with Crippen molar-refractivity contribution >= 4 is 45.5 Å². The van der Waals surface area contributed by atoms with Crippen molar-refractivity contribution in [3.63, 3.8) is 0 Å². The van der Waals surface area contributed by atoms with E-state index in [9.17, 15) is 0 Å². The van der Waals surface area contributed by atoms with Crippen LogP contribution in [0.2, 0.25) is 0 Å². The summed E-state index contributed by atoms with van der Waals surface area (Å²) in [4.78, 5) is 0. The predicted octanol–water partition coefficient (Wildman–Crippen LogP) is 1.82. The Kier molecular flexibility index (Phi) is 3.47. The molecule has 4 heteroatoms. The van der Waals surface area contributed by atoms with E-state index >= 15 is 0 Å². The highest BCUT2D eigenvalue weighted by atomic mass is 127. The lowest BCUT2D eigenvalue weighted by atomic mass is 10.3. The Balaban J connectivity index is 2.41. The minimum atomic E-state index is 0.548. The lowest BCUT2D eigenvalue weighted by molar-refractivity contribution is 0.0455. The van der Waals surface area contributed by atoms with E-state index in [4.69, 9.17) is 4.74 Å². The number of alkyl halides is 1. The highest BCUT2D eigenvalue weighted by molar-refractivity contribution is 14.1. The molecule has 1 rings (SSSR count). The number of hydrogen-bond donors (Lipinski definition) is 0. The molecule has 0 aromatic carbocycles. The van der Waals surface area contributed by atoms with Gasteiger partial charge in [0.05, 0.1) is 17.3 Å². The number of hydrogen-bond acceptors (Lipinski definition) is 2.